The lowest BCUT2D eigenvalue weighted by Gasteiger charge is -2.18. The molecule has 1 aromatic heterocycles. The Labute approximate surface area is 194 Å². The summed E-state index contributed by atoms with van der Waals surface area (Å²) in [6.07, 6.45) is 0.169. The Hall–Kier alpha value is -3.71. The highest BCUT2D eigenvalue weighted by Crippen LogP contribution is 2.26. The maximum absolute atomic E-state index is 12.6. The Balaban J connectivity index is 1.65. The molecular formula is C26H29N3O4. The third-order valence-corrected chi connectivity index (χ3v) is 5.22. The van der Waals surface area contributed by atoms with Gasteiger partial charge in [0, 0.05) is 25.8 Å². The zero-order valence-corrected chi connectivity index (χ0v) is 18.9. The van der Waals surface area contributed by atoms with Crippen LogP contribution in [0.1, 0.15) is 30.6 Å². The molecule has 0 radical (unpaired) electrons. The molecule has 0 fully saturated rings. The molecular weight excluding hydrogens is 418 g/mol. The molecule has 7 heteroatoms. The number of carboxylic acid groups (broad SMARTS) is 1. The van der Waals surface area contributed by atoms with E-state index in [4.69, 9.17) is 9.84 Å². The third-order valence-electron chi connectivity index (χ3n) is 5.22. The molecule has 2 amide bonds. The Morgan fingerprint density at radius 2 is 1.76 bits per heavy atom. The molecule has 1 unspecified atom stereocenters. The van der Waals surface area contributed by atoms with Crippen LogP contribution in [0.4, 0.5) is 10.6 Å². The van der Waals surface area contributed by atoms with Crippen molar-refractivity contribution in [3.05, 3.63) is 83.9 Å². The SMILES string of the molecule is CCOC(CC(=O)O)c1ccc(-c2cccc(N(C)C(=O)NCCc3ccccc3)n2)cc1. The number of aliphatic carboxylic acids is 1. The first kappa shape index (κ1) is 23.9. The molecule has 0 spiro atoms. The number of carbonyl (C=O) groups is 2. The van der Waals surface area contributed by atoms with Gasteiger partial charge in [-0.15, -0.1) is 0 Å². The molecule has 172 valence electrons. The molecule has 33 heavy (non-hydrogen) atoms. The smallest absolute Gasteiger partial charge is 0.322 e. The third kappa shape index (κ3) is 6.89. The number of benzene rings is 2. The normalized spacial score (nSPS) is 11.6. The minimum absolute atomic E-state index is 0.0922. The van der Waals surface area contributed by atoms with Crippen LogP contribution in [0.3, 0.4) is 0 Å². The minimum atomic E-state index is -0.906. The van der Waals surface area contributed by atoms with Crippen molar-refractivity contribution < 1.29 is 19.4 Å². The van der Waals surface area contributed by atoms with Crippen LogP contribution in [0.25, 0.3) is 11.3 Å². The van der Waals surface area contributed by atoms with E-state index in [9.17, 15) is 9.59 Å². The quantitative estimate of drug-likeness (QED) is 0.470. The van der Waals surface area contributed by atoms with E-state index in [-0.39, 0.29) is 12.5 Å². The Bertz CT molecular complexity index is 1050. The molecule has 0 aliphatic heterocycles. The number of urea groups is 1. The first-order chi connectivity index (χ1) is 16.0. The highest BCUT2D eigenvalue weighted by molar-refractivity contribution is 5.90. The summed E-state index contributed by atoms with van der Waals surface area (Å²) in [5.74, 6) is -0.371. The summed E-state index contributed by atoms with van der Waals surface area (Å²) in [6.45, 7) is 2.81. The van der Waals surface area contributed by atoms with E-state index in [1.165, 1.54) is 10.5 Å². The molecule has 3 aromatic rings. The van der Waals surface area contributed by atoms with Crippen molar-refractivity contribution in [3.63, 3.8) is 0 Å². The van der Waals surface area contributed by atoms with E-state index in [0.29, 0.717) is 24.7 Å². The zero-order chi connectivity index (χ0) is 23.6. The molecule has 0 aliphatic carbocycles. The van der Waals surface area contributed by atoms with Crippen LogP contribution >= 0.6 is 0 Å². The number of pyridine rings is 1. The standard InChI is InChI=1S/C26H29N3O4/c1-3-33-23(18-25(30)31)21-14-12-20(13-15-21)22-10-7-11-24(28-22)29(2)26(32)27-17-16-19-8-5-4-6-9-19/h4-15,23H,3,16-18H2,1-2H3,(H,27,32)(H,30,31). The van der Waals surface area contributed by atoms with Gasteiger partial charge >= 0.3 is 12.0 Å². The first-order valence-corrected chi connectivity index (χ1v) is 10.9. The lowest BCUT2D eigenvalue weighted by molar-refractivity contribution is -0.140. The zero-order valence-electron chi connectivity index (χ0n) is 18.9. The monoisotopic (exact) mass is 447 g/mol. The van der Waals surface area contributed by atoms with E-state index in [1.807, 2.05) is 73.7 Å². The molecule has 2 N–H and O–H groups in total. The molecule has 0 bridgehead atoms. The van der Waals surface area contributed by atoms with Crippen LogP contribution in [0, 0.1) is 0 Å². The molecule has 1 atom stereocenters. The first-order valence-electron chi connectivity index (χ1n) is 10.9. The second-order valence-corrected chi connectivity index (χ2v) is 7.57. The Kier molecular flexibility index (Phi) is 8.55. The van der Waals surface area contributed by atoms with Crippen LogP contribution in [0.15, 0.2) is 72.8 Å². The van der Waals surface area contributed by atoms with Gasteiger partial charge in [0.05, 0.1) is 18.2 Å². The van der Waals surface area contributed by atoms with Crippen molar-refractivity contribution in [2.24, 2.45) is 0 Å². The van der Waals surface area contributed by atoms with E-state index < -0.39 is 12.1 Å². The van der Waals surface area contributed by atoms with E-state index in [2.05, 4.69) is 10.3 Å². The Morgan fingerprint density at radius 3 is 2.42 bits per heavy atom. The number of ether oxygens (including phenoxy) is 1. The largest absolute Gasteiger partial charge is 0.481 e. The fourth-order valence-corrected chi connectivity index (χ4v) is 3.45. The Morgan fingerprint density at radius 1 is 1.03 bits per heavy atom. The van der Waals surface area contributed by atoms with Crippen molar-refractivity contribution in [2.75, 3.05) is 25.1 Å². The number of carbonyl (C=O) groups excluding carboxylic acids is 1. The number of amides is 2. The summed E-state index contributed by atoms with van der Waals surface area (Å²) in [7, 11) is 1.69. The molecule has 2 aromatic carbocycles. The number of nitrogens with zero attached hydrogens (tertiary/aromatic N) is 2. The van der Waals surface area contributed by atoms with Gasteiger partial charge in [0.1, 0.15) is 5.82 Å². The van der Waals surface area contributed by atoms with Crippen molar-refractivity contribution in [2.45, 2.75) is 25.9 Å². The van der Waals surface area contributed by atoms with Gasteiger partial charge in [-0.25, -0.2) is 9.78 Å². The van der Waals surface area contributed by atoms with Gasteiger partial charge < -0.3 is 15.2 Å². The minimum Gasteiger partial charge on any atom is -0.481 e. The highest BCUT2D eigenvalue weighted by Gasteiger charge is 2.16. The number of carboxylic acids is 1. The number of hydrogen-bond donors (Lipinski definition) is 2. The number of rotatable bonds is 10. The summed E-state index contributed by atoms with van der Waals surface area (Å²) >= 11 is 0. The van der Waals surface area contributed by atoms with Gasteiger partial charge in [-0.1, -0.05) is 60.7 Å². The lowest BCUT2D eigenvalue weighted by Crippen LogP contribution is -2.38. The number of nitrogens with one attached hydrogen (secondary N) is 1. The van der Waals surface area contributed by atoms with Gasteiger partial charge in [-0.05, 0) is 36.6 Å². The fourth-order valence-electron chi connectivity index (χ4n) is 3.45. The van der Waals surface area contributed by atoms with Gasteiger partial charge in [0.25, 0.3) is 0 Å². The maximum atomic E-state index is 12.6. The summed E-state index contributed by atoms with van der Waals surface area (Å²) in [5.41, 5.74) is 3.55. The van der Waals surface area contributed by atoms with Crippen LogP contribution in [0.2, 0.25) is 0 Å². The van der Waals surface area contributed by atoms with Gasteiger partial charge in [0.2, 0.25) is 0 Å². The number of aromatic nitrogens is 1. The fraction of sp³-hybridized carbons (Fsp3) is 0.269. The van der Waals surface area contributed by atoms with Crippen LogP contribution < -0.4 is 10.2 Å². The summed E-state index contributed by atoms with van der Waals surface area (Å²) < 4.78 is 5.57. The molecule has 0 saturated heterocycles. The van der Waals surface area contributed by atoms with Gasteiger partial charge in [-0.2, -0.15) is 0 Å². The second-order valence-electron chi connectivity index (χ2n) is 7.57. The average molecular weight is 448 g/mol. The molecule has 0 saturated carbocycles. The van der Waals surface area contributed by atoms with Crippen molar-refractivity contribution in [1.29, 1.82) is 0 Å². The average Bonchev–Trinajstić information content (AvgIpc) is 2.84. The molecule has 0 aliphatic rings. The number of anilines is 1. The van der Waals surface area contributed by atoms with E-state index >= 15 is 0 Å². The summed E-state index contributed by atoms with van der Waals surface area (Å²) in [5, 5.41) is 12.0. The molecule has 1 heterocycles. The maximum Gasteiger partial charge on any atom is 0.322 e. The van der Waals surface area contributed by atoms with Crippen molar-refractivity contribution in [3.8, 4) is 11.3 Å². The topological polar surface area (TPSA) is 91.8 Å². The van der Waals surface area contributed by atoms with Crippen LogP contribution in [-0.4, -0.2) is 42.3 Å². The van der Waals surface area contributed by atoms with Crippen molar-refractivity contribution >= 4 is 17.8 Å². The van der Waals surface area contributed by atoms with Gasteiger partial charge in [0.15, 0.2) is 0 Å². The lowest BCUT2D eigenvalue weighted by atomic mass is 10.0. The summed E-state index contributed by atoms with van der Waals surface area (Å²) in [6, 6.07) is 22.8. The predicted octanol–water partition coefficient (Wildman–Crippen LogP) is 4.69. The van der Waals surface area contributed by atoms with Crippen LogP contribution in [0.5, 0.6) is 0 Å². The van der Waals surface area contributed by atoms with E-state index in [0.717, 1.165) is 17.5 Å². The summed E-state index contributed by atoms with van der Waals surface area (Å²) in [4.78, 5) is 29.8. The molecule has 7 nitrogen and oxygen atoms in total. The highest BCUT2D eigenvalue weighted by atomic mass is 16.5. The second kappa shape index (κ2) is 11.8. The van der Waals surface area contributed by atoms with E-state index in [1.54, 1.807) is 13.1 Å². The number of hydrogen-bond acceptors (Lipinski definition) is 4. The molecule has 3 rings (SSSR count). The van der Waals surface area contributed by atoms with Crippen LogP contribution in [-0.2, 0) is 16.0 Å². The predicted molar refractivity (Wildman–Crippen MR) is 128 cm³/mol. The van der Waals surface area contributed by atoms with Crippen molar-refractivity contribution in [1.82, 2.24) is 10.3 Å². The van der Waals surface area contributed by atoms with Gasteiger partial charge in [-0.3, -0.25) is 9.69 Å².